The van der Waals surface area contributed by atoms with E-state index < -0.39 is 0 Å². The maximum Gasteiger partial charge on any atom is 0.129 e. The van der Waals surface area contributed by atoms with E-state index in [0.29, 0.717) is 6.10 Å². The van der Waals surface area contributed by atoms with Gasteiger partial charge in [-0.3, -0.25) is 4.98 Å². The summed E-state index contributed by atoms with van der Waals surface area (Å²) in [7, 11) is 0. The monoisotopic (exact) mass is 256 g/mol. The van der Waals surface area contributed by atoms with Crippen molar-refractivity contribution in [2.45, 2.75) is 44.6 Å². The van der Waals surface area contributed by atoms with Gasteiger partial charge in [-0.25, -0.2) is 0 Å². The quantitative estimate of drug-likeness (QED) is 0.654. The number of nitrogens with two attached hydrogens (primary N) is 1. The molecular weight excluding hydrogens is 236 g/mol. The van der Waals surface area contributed by atoms with Crippen LogP contribution in [0.25, 0.3) is 10.8 Å². The average molecular weight is 256 g/mol. The molecular formula is C16H20N2O. The molecule has 0 saturated heterocycles. The zero-order valence-corrected chi connectivity index (χ0v) is 11.1. The number of aromatic nitrogens is 1. The van der Waals surface area contributed by atoms with Gasteiger partial charge in [0.25, 0.3) is 0 Å². The SMILES string of the molecule is Nc1ccc(OC2CCCCCC2)c2cnccc12. The summed E-state index contributed by atoms with van der Waals surface area (Å²) in [6.45, 7) is 0. The Morgan fingerprint density at radius 2 is 1.79 bits per heavy atom. The fourth-order valence-electron chi connectivity index (χ4n) is 2.83. The molecule has 1 heterocycles. The first-order valence-electron chi connectivity index (χ1n) is 7.13. The number of nitrogens with zero attached hydrogens (tertiary/aromatic N) is 1. The van der Waals surface area contributed by atoms with Crippen LogP contribution in [0.2, 0.25) is 0 Å². The van der Waals surface area contributed by atoms with Gasteiger partial charge in [-0.1, -0.05) is 12.8 Å². The first-order valence-corrected chi connectivity index (χ1v) is 7.13. The highest BCUT2D eigenvalue weighted by atomic mass is 16.5. The third kappa shape index (κ3) is 2.65. The van der Waals surface area contributed by atoms with Crippen molar-refractivity contribution in [3.05, 3.63) is 30.6 Å². The molecule has 2 N–H and O–H groups in total. The predicted molar refractivity (Wildman–Crippen MR) is 78.3 cm³/mol. The maximum absolute atomic E-state index is 6.21. The Kier molecular flexibility index (Phi) is 3.53. The Morgan fingerprint density at radius 1 is 1.00 bits per heavy atom. The molecule has 0 spiro atoms. The number of anilines is 1. The first kappa shape index (κ1) is 12.3. The summed E-state index contributed by atoms with van der Waals surface area (Å²) in [5.41, 5.74) is 6.78. The second-order valence-electron chi connectivity index (χ2n) is 5.31. The van der Waals surface area contributed by atoms with Crippen LogP contribution in [0.4, 0.5) is 5.69 Å². The highest BCUT2D eigenvalue weighted by Crippen LogP contribution is 2.31. The van der Waals surface area contributed by atoms with E-state index in [1.54, 1.807) is 6.20 Å². The van der Waals surface area contributed by atoms with E-state index >= 15 is 0 Å². The molecule has 2 aromatic rings. The second kappa shape index (κ2) is 5.47. The van der Waals surface area contributed by atoms with Crippen LogP contribution in [0, 0.1) is 0 Å². The van der Waals surface area contributed by atoms with Crippen LogP contribution in [-0.4, -0.2) is 11.1 Å². The van der Waals surface area contributed by atoms with Gasteiger partial charge >= 0.3 is 0 Å². The molecule has 1 aliphatic rings. The first-order chi connectivity index (χ1) is 9.34. The summed E-state index contributed by atoms with van der Waals surface area (Å²) in [5, 5.41) is 2.05. The van der Waals surface area contributed by atoms with Gasteiger partial charge in [0, 0.05) is 28.9 Å². The Balaban J connectivity index is 1.90. The molecule has 0 radical (unpaired) electrons. The van der Waals surface area contributed by atoms with Gasteiger partial charge in [-0.2, -0.15) is 0 Å². The molecule has 100 valence electrons. The molecule has 1 aromatic heterocycles. The number of hydrogen-bond acceptors (Lipinski definition) is 3. The summed E-state index contributed by atoms with van der Waals surface area (Å²) in [6, 6.07) is 5.85. The minimum atomic E-state index is 0.342. The van der Waals surface area contributed by atoms with Gasteiger partial charge < -0.3 is 10.5 Å². The third-order valence-corrected chi connectivity index (χ3v) is 3.91. The lowest BCUT2D eigenvalue weighted by Crippen LogP contribution is -2.15. The standard InChI is InChI=1S/C16H20N2O/c17-15-7-8-16(14-11-18-10-9-13(14)15)19-12-5-3-1-2-4-6-12/h7-12H,1-6,17H2. The van der Waals surface area contributed by atoms with E-state index in [9.17, 15) is 0 Å². The van der Waals surface area contributed by atoms with Crippen LogP contribution >= 0.6 is 0 Å². The van der Waals surface area contributed by atoms with Crippen LogP contribution in [0.3, 0.4) is 0 Å². The molecule has 0 unspecified atom stereocenters. The van der Waals surface area contributed by atoms with E-state index in [0.717, 1.165) is 35.1 Å². The Bertz CT molecular complexity index is 560. The minimum absolute atomic E-state index is 0.342. The molecule has 1 fully saturated rings. The van der Waals surface area contributed by atoms with Crippen LogP contribution in [-0.2, 0) is 0 Å². The van der Waals surface area contributed by atoms with Crippen LogP contribution in [0.1, 0.15) is 38.5 Å². The molecule has 1 aromatic carbocycles. The Labute approximate surface area is 113 Å². The third-order valence-electron chi connectivity index (χ3n) is 3.91. The Morgan fingerprint density at radius 3 is 2.58 bits per heavy atom. The highest BCUT2D eigenvalue weighted by Gasteiger charge is 2.15. The summed E-state index contributed by atoms with van der Waals surface area (Å²) in [6.07, 6.45) is 11.5. The van der Waals surface area contributed by atoms with E-state index in [4.69, 9.17) is 10.5 Å². The lowest BCUT2D eigenvalue weighted by molar-refractivity contribution is 0.186. The van der Waals surface area contributed by atoms with E-state index in [1.165, 1.54) is 25.7 Å². The molecule has 0 bridgehead atoms. The zero-order chi connectivity index (χ0) is 13.1. The van der Waals surface area contributed by atoms with Crippen molar-refractivity contribution in [3.63, 3.8) is 0 Å². The van der Waals surface area contributed by atoms with Crippen molar-refractivity contribution >= 4 is 16.5 Å². The van der Waals surface area contributed by atoms with Gasteiger partial charge in [-0.05, 0) is 43.9 Å². The molecule has 3 nitrogen and oxygen atoms in total. The van der Waals surface area contributed by atoms with Crippen molar-refractivity contribution in [1.82, 2.24) is 4.98 Å². The number of hydrogen-bond donors (Lipinski definition) is 1. The fourth-order valence-corrected chi connectivity index (χ4v) is 2.83. The van der Waals surface area contributed by atoms with Gasteiger partial charge in [0.15, 0.2) is 0 Å². The van der Waals surface area contributed by atoms with E-state index in [1.807, 2.05) is 24.4 Å². The van der Waals surface area contributed by atoms with Crippen molar-refractivity contribution in [3.8, 4) is 5.75 Å². The lowest BCUT2D eigenvalue weighted by Gasteiger charge is -2.18. The zero-order valence-electron chi connectivity index (χ0n) is 11.1. The molecule has 1 aliphatic carbocycles. The lowest BCUT2D eigenvalue weighted by atomic mass is 10.1. The van der Waals surface area contributed by atoms with Crippen molar-refractivity contribution in [2.24, 2.45) is 0 Å². The van der Waals surface area contributed by atoms with Gasteiger partial charge in [0.1, 0.15) is 5.75 Å². The van der Waals surface area contributed by atoms with Crippen LogP contribution in [0.5, 0.6) is 5.75 Å². The van der Waals surface area contributed by atoms with Gasteiger partial charge in [-0.15, -0.1) is 0 Å². The number of nitrogen functional groups attached to an aromatic ring is 1. The fraction of sp³-hybridized carbons (Fsp3) is 0.438. The summed E-state index contributed by atoms with van der Waals surface area (Å²) >= 11 is 0. The van der Waals surface area contributed by atoms with Crippen molar-refractivity contribution < 1.29 is 4.74 Å². The molecule has 0 amide bonds. The number of rotatable bonds is 2. The molecule has 0 aliphatic heterocycles. The van der Waals surface area contributed by atoms with Gasteiger partial charge in [0.05, 0.1) is 6.10 Å². The Hall–Kier alpha value is -1.77. The van der Waals surface area contributed by atoms with E-state index in [-0.39, 0.29) is 0 Å². The molecule has 3 rings (SSSR count). The van der Waals surface area contributed by atoms with Crippen molar-refractivity contribution in [1.29, 1.82) is 0 Å². The topological polar surface area (TPSA) is 48.1 Å². The van der Waals surface area contributed by atoms with Crippen LogP contribution < -0.4 is 10.5 Å². The summed E-state index contributed by atoms with van der Waals surface area (Å²) in [4.78, 5) is 4.19. The summed E-state index contributed by atoms with van der Waals surface area (Å²) in [5.74, 6) is 0.921. The largest absolute Gasteiger partial charge is 0.490 e. The number of ether oxygens (including phenoxy) is 1. The smallest absolute Gasteiger partial charge is 0.129 e. The number of benzene rings is 1. The number of fused-ring (bicyclic) bond motifs is 1. The van der Waals surface area contributed by atoms with Crippen molar-refractivity contribution in [2.75, 3.05) is 5.73 Å². The summed E-state index contributed by atoms with van der Waals surface area (Å²) < 4.78 is 6.21. The molecule has 1 saturated carbocycles. The van der Waals surface area contributed by atoms with Gasteiger partial charge in [0.2, 0.25) is 0 Å². The second-order valence-corrected chi connectivity index (χ2v) is 5.31. The molecule has 3 heteroatoms. The molecule has 0 atom stereocenters. The highest BCUT2D eigenvalue weighted by molar-refractivity contribution is 5.96. The number of pyridine rings is 1. The van der Waals surface area contributed by atoms with E-state index in [2.05, 4.69) is 4.98 Å². The minimum Gasteiger partial charge on any atom is -0.490 e. The average Bonchev–Trinajstić information content (AvgIpc) is 2.71. The predicted octanol–water partition coefficient (Wildman–Crippen LogP) is 3.92. The molecule has 19 heavy (non-hydrogen) atoms. The van der Waals surface area contributed by atoms with Crippen LogP contribution in [0.15, 0.2) is 30.6 Å². The maximum atomic E-state index is 6.21. The normalized spacial score (nSPS) is 17.3.